The van der Waals surface area contributed by atoms with E-state index < -0.39 is 29.3 Å². The maximum absolute atomic E-state index is 13.9. The molecule has 8 heteroatoms. The number of rotatable bonds is 2. The molecule has 1 N–H and O–H groups in total. The maximum atomic E-state index is 13.9. The van der Waals surface area contributed by atoms with Crippen molar-refractivity contribution in [3.05, 3.63) is 54.1 Å². The minimum absolute atomic E-state index is 0.207. The number of benzene rings is 2. The lowest BCUT2D eigenvalue weighted by Gasteiger charge is -2.53. The van der Waals surface area contributed by atoms with Crippen LogP contribution in [-0.4, -0.2) is 50.8 Å². The summed E-state index contributed by atoms with van der Waals surface area (Å²) < 4.78 is 10.8. The highest BCUT2D eigenvalue weighted by Crippen LogP contribution is 2.45. The van der Waals surface area contributed by atoms with Crippen molar-refractivity contribution in [2.45, 2.75) is 12.5 Å². The first kappa shape index (κ1) is 18.6. The number of ether oxygens (including phenoxy) is 2. The summed E-state index contributed by atoms with van der Waals surface area (Å²) in [5.74, 6) is -0.499. The smallest absolute Gasteiger partial charge is 0.335 e. The molecule has 3 heterocycles. The van der Waals surface area contributed by atoms with Crippen LogP contribution in [0.5, 0.6) is 5.75 Å². The first-order chi connectivity index (χ1) is 14.6. The lowest BCUT2D eigenvalue weighted by atomic mass is 9.68. The summed E-state index contributed by atoms with van der Waals surface area (Å²) in [5, 5.41) is 2.43. The number of carbonyl (C=O) groups excluding carboxylic acids is 3. The number of urea groups is 1. The summed E-state index contributed by atoms with van der Waals surface area (Å²) in [6.45, 7) is 1.32. The van der Waals surface area contributed by atoms with Crippen LogP contribution in [0.2, 0.25) is 0 Å². The van der Waals surface area contributed by atoms with Gasteiger partial charge >= 0.3 is 6.03 Å². The summed E-state index contributed by atoms with van der Waals surface area (Å²) in [7, 11) is 1.54. The number of anilines is 2. The number of hydrogen-bond donors (Lipinski definition) is 1. The van der Waals surface area contributed by atoms with E-state index in [1.807, 2.05) is 24.3 Å². The van der Waals surface area contributed by atoms with E-state index in [0.717, 1.165) is 16.2 Å². The van der Waals surface area contributed by atoms with E-state index in [1.165, 1.54) is 0 Å². The first-order valence-electron chi connectivity index (χ1n) is 9.82. The van der Waals surface area contributed by atoms with E-state index in [2.05, 4.69) is 10.2 Å². The molecule has 0 radical (unpaired) electrons. The number of para-hydroxylation sites is 1. The summed E-state index contributed by atoms with van der Waals surface area (Å²) >= 11 is 0. The van der Waals surface area contributed by atoms with E-state index in [4.69, 9.17) is 9.47 Å². The normalized spacial score (nSPS) is 25.6. The Morgan fingerprint density at radius 3 is 2.63 bits per heavy atom. The third kappa shape index (κ3) is 2.53. The maximum Gasteiger partial charge on any atom is 0.335 e. The molecule has 0 bridgehead atoms. The van der Waals surface area contributed by atoms with Gasteiger partial charge in [0.15, 0.2) is 5.41 Å². The molecule has 0 saturated carbocycles. The van der Waals surface area contributed by atoms with Crippen LogP contribution in [0.25, 0.3) is 0 Å². The molecule has 30 heavy (non-hydrogen) atoms. The molecule has 0 unspecified atom stereocenters. The Morgan fingerprint density at radius 2 is 1.87 bits per heavy atom. The van der Waals surface area contributed by atoms with Gasteiger partial charge in [-0.05, 0) is 42.3 Å². The van der Waals surface area contributed by atoms with Crippen LogP contribution < -0.4 is 19.9 Å². The SMILES string of the molecule is COc1ccc(N2C(=O)NC(=O)[C@@]3(Cc4ccccc4N4CCOC[C@H]43)C2=O)cc1. The lowest BCUT2D eigenvalue weighted by molar-refractivity contribution is -0.146. The molecular weight excluding hydrogens is 386 g/mol. The van der Waals surface area contributed by atoms with E-state index >= 15 is 0 Å². The number of methoxy groups -OCH3 is 1. The largest absolute Gasteiger partial charge is 0.497 e. The van der Waals surface area contributed by atoms with E-state index in [1.54, 1.807) is 31.4 Å². The Bertz CT molecular complexity index is 1040. The molecule has 0 aromatic heterocycles. The molecule has 3 aliphatic heterocycles. The Hall–Kier alpha value is -3.39. The number of fused-ring (bicyclic) bond motifs is 4. The van der Waals surface area contributed by atoms with Crippen LogP contribution >= 0.6 is 0 Å². The van der Waals surface area contributed by atoms with Crippen molar-refractivity contribution in [2.24, 2.45) is 5.41 Å². The molecule has 3 aliphatic rings. The number of amides is 4. The molecule has 4 amide bonds. The summed E-state index contributed by atoms with van der Waals surface area (Å²) in [6, 6.07) is 13.1. The summed E-state index contributed by atoms with van der Waals surface area (Å²) in [5.41, 5.74) is 0.836. The minimum atomic E-state index is -1.46. The van der Waals surface area contributed by atoms with Crippen molar-refractivity contribution in [1.29, 1.82) is 0 Å². The van der Waals surface area contributed by atoms with Crippen molar-refractivity contribution < 1.29 is 23.9 Å². The molecular formula is C22H21N3O5. The number of carbonyl (C=O) groups is 3. The number of nitrogens with one attached hydrogen (secondary N) is 1. The van der Waals surface area contributed by atoms with Crippen molar-refractivity contribution in [2.75, 3.05) is 36.7 Å². The second kappa shape index (κ2) is 6.84. The zero-order valence-electron chi connectivity index (χ0n) is 16.5. The monoisotopic (exact) mass is 407 g/mol. The third-order valence-corrected chi connectivity index (χ3v) is 6.21. The number of morpholine rings is 1. The summed E-state index contributed by atoms with van der Waals surface area (Å²) in [4.78, 5) is 43.0. The molecule has 2 fully saturated rings. The van der Waals surface area contributed by atoms with Gasteiger partial charge in [0.25, 0.3) is 5.91 Å². The zero-order valence-corrected chi connectivity index (χ0v) is 16.5. The van der Waals surface area contributed by atoms with Crippen LogP contribution in [0.15, 0.2) is 48.5 Å². The fraction of sp³-hybridized carbons (Fsp3) is 0.318. The molecule has 2 saturated heterocycles. The molecule has 2 aromatic carbocycles. The van der Waals surface area contributed by atoms with Gasteiger partial charge in [-0.15, -0.1) is 0 Å². The molecule has 0 aliphatic carbocycles. The van der Waals surface area contributed by atoms with Gasteiger partial charge in [-0.3, -0.25) is 14.9 Å². The van der Waals surface area contributed by atoms with Crippen molar-refractivity contribution in [3.8, 4) is 5.75 Å². The van der Waals surface area contributed by atoms with Gasteiger partial charge in [-0.1, -0.05) is 18.2 Å². The number of nitrogens with zero attached hydrogens (tertiary/aromatic N) is 2. The van der Waals surface area contributed by atoms with Crippen molar-refractivity contribution >= 4 is 29.2 Å². The molecule has 154 valence electrons. The van der Waals surface area contributed by atoms with Gasteiger partial charge in [0.1, 0.15) is 5.75 Å². The molecule has 5 rings (SSSR count). The highest BCUT2D eigenvalue weighted by atomic mass is 16.5. The Labute approximate surface area is 173 Å². The van der Waals surface area contributed by atoms with Gasteiger partial charge in [-0.2, -0.15) is 0 Å². The number of hydrogen-bond acceptors (Lipinski definition) is 6. The van der Waals surface area contributed by atoms with E-state index in [9.17, 15) is 14.4 Å². The molecule has 1 spiro atoms. The average Bonchev–Trinajstić information content (AvgIpc) is 2.78. The van der Waals surface area contributed by atoms with Crippen LogP contribution in [-0.2, 0) is 20.7 Å². The lowest BCUT2D eigenvalue weighted by Crippen LogP contribution is -2.74. The second-order valence-electron chi connectivity index (χ2n) is 7.66. The van der Waals surface area contributed by atoms with Crippen molar-refractivity contribution in [3.63, 3.8) is 0 Å². The average molecular weight is 407 g/mol. The van der Waals surface area contributed by atoms with Crippen molar-refractivity contribution in [1.82, 2.24) is 5.32 Å². The fourth-order valence-electron chi connectivity index (χ4n) is 4.73. The number of barbiturate groups is 1. The highest BCUT2D eigenvalue weighted by Gasteiger charge is 2.62. The molecule has 2 atom stereocenters. The Balaban J connectivity index is 1.63. The standard InChI is InChI=1S/C22H21N3O5/c1-29-16-8-6-15(7-9-16)25-20(27)22(19(26)23-21(25)28)12-14-4-2-3-5-17(14)24-10-11-30-13-18(22)24/h2-9,18H,10-13H2,1H3,(H,23,26,28)/t18-,22-/m0/s1. The predicted octanol–water partition coefficient (Wildman–Crippen LogP) is 1.73. The molecule has 8 nitrogen and oxygen atoms in total. The van der Waals surface area contributed by atoms with Crippen LogP contribution in [0.1, 0.15) is 5.56 Å². The predicted molar refractivity (Wildman–Crippen MR) is 109 cm³/mol. The Kier molecular flexibility index (Phi) is 4.25. The zero-order chi connectivity index (χ0) is 20.9. The quantitative estimate of drug-likeness (QED) is 0.763. The van der Waals surface area contributed by atoms with Gasteiger partial charge in [0, 0.05) is 12.2 Å². The highest BCUT2D eigenvalue weighted by molar-refractivity contribution is 6.30. The van der Waals surface area contributed by atoms with E-state index in [0.29, 0.717) is 24.6 Å². The summed E-state index contributed by atoms with van der Waals surface area (Å²) in [6.07, 6.45) is 0.207. The van der Waals surface area contributed by atoms with E-state index in [-0.39, 0.29) is 13.0 Å². The van der Waals surface area contributed by atoms with Crippen LogP contribution in [0.4, 0.5) is 16.2 Å². The first-order valence-corrected chi connectivity index (χ1v) is 9.82. The minimum Gasteiger partial charge on any atom is -0.497 e. The van der Waals surface area contributed by atoms with Gasteiger partial charge < -0.3 is 14.4 Å². The number of imide groups is 2. The van der Waals surface area contributed by atoms with Gasteiger partial charge in [-0.25, -0.2) is 9.69 Å². The van der Waals surface area contributed by atoms with Crippen LogP contribution in [0, 0.1) is 5.41 Å². The van der Waals surface area contributed by atoms with Crippen LogP contribution in [0.3, 0.4) is 0 Å². The van der Waals surface area contributed by atoms with Gasteiger partial charge in [0.2, 0.25) is 5.91 Å². The Morgan fingerprint density at radius 1 is 1.10 bits per heavy atom. The second-order valence-corrected chi connectivity index (χ2v) is 7.66. The molecule has 2 aromatic rings. The topological polar surface area (TPSA) is 88.2 Å². The van der Waals surface area contributed by atoms with Gasteiger partial charge in [0.05, 0.1) is 32.1 Å². The fourth-order valence-corrected chi connectivity index (χ4v) is 4.73. The third-order valence-electron chi connectivity index (χ3n) is 6.21.